The van der Waals surface area contributed by atoms with Crippen LogP contribution in [0.1, 0.15) is 37.4 Å². The highest BCUT2D eigenvalue weighted by molar-refractivity contribution is 6.22. The van der Waals surface area contributed by atoms with Crippen molar-refractivity contribution in [1.82, 2.24) is 0 Å². The SMILES string of the molecule is O=C(C=C1c2ccccc2C(=O)c2c(O)cccc21)c1ccccc1. The lowest BCUT2D eigenvalue weighted by Gasteiger charge is -2.22. The van der Waals surface area contributed by atoms with Crippen molar-refractivity contribution in [3.8, 4) is 5.75 Å². The van der Waals surface area contributed by atoms with Crippen LogP contribution in [0.2, 0.25) is 0 Å². The van der Waals surface area contributed by atoms with Crippen molar-refractivity contribution in [2.24, 2.45) is 0 Å². The number of fused-ring (bicyclic) bond motifs is 2. The minimum absolute atomic E-state index is 0.0740. The van der Waals surface area contributed by atoms with Gasteiger partial charge in [-0.2, -0.15) is 0 Å². The van der Waals surface area contributed by atoms with E-state index in [1.807, 2.05) is 30.3 Å². The molecule has 3 aromatic rings. The van der Waals surface area contributed by atoms with E-state index >= 15 is 0 Å². The zero-order chi connectivity index (χ0) is 17.4. The molecular weight excluding hydrogens is 312 g/mol. The molecule has 120 valence electrons. The number of phenols is 1. The van der Waals surface area contributed by atoms with Crippen molar-refractivity contribution in [2.45, 2.75) is 0 Å². The fourth-order valence-corrected chi connectivity index (χ4v) is 3.17. The summed E-state index contributed by atoms with van der Waals surface area (Å²) in [7, 11) is 0. The van der Waals surface area contributed by atoms with E-state index in [4.69, 9.17) is 0 Å². The fraction of sp³-hybridized carbons (Fsp3) is 0. The van der Waals surface area contributed by atoms with Crippen molar-refractivity contribution in [2.75, 3.05) is 0 Å². The standard InChI is InChI=1S/C22H14O3/c23-19-12-6-11-16-18(13-20(24)14-7-2-1-3-8-14)15-9-4-5-10-17(15)22(25)21(16)19/h1-13,23H. The average molecular weight is 326 g/mol. The van der Waals surface area contributed by atoms with Crippen LogP contribution in [0.15, 0.2) is 78.9 Å². The van der Waals surface area contributed by atoms with E-state index in [-0.39, 0.29) is 22.9 Å². The third-order valence-corrected chi connectivity index (χ3v) is 4.36. The Morgan fingerprint density at radius 2 is 1.40 bits per heavy atom. The predicted molar refractivity (Wildman–Crippen MR) is 95.8 cm³/mol. The zero-order valence-electron chi connectivity index (χ0n) is 13.3. The maximum atomic E-state index is 12.8. The van der Waals surface area contributed by atoms with Crippen LogP contribution >= 0.6 is 0 Å². The van der Waals surface area contributed by atoms with E-state index in [1.165, 1.54) is 6.07 Å². The molecule has 0 radical (unpaired) electrons. The molecule has 0 amide bonds. The largest absolute Gasteiger partial charge is 0.507 e. The van der Waals surface area contributed by atoms with E-state index in [0.717, 1.165) is 0 Å². The van der Waals surface area contributed by atoms with E-state index in [2.05, 4.69) is 0 Å². The summed E-state index contributed by atoms with van der Waals surface area (Å²) in [6, 6.07) is 21.0. The van der Waals surface area contributed by atoms with Crippen LogP contribution in [0, 0.1) is 0 Å². The van der Waals surface area contributed by atoms with Gasteiger partial charge in [-0.05, 0) is 28.8 Å². The van der Waals surface area contributed by atoms with Gasteiger partial charge in [-0.3, -0.25) is 9.59 Å². The third-order valence-electron chi connectivity index (χ3n) is 4.36. The van der Waals surface area contributed by atoms with Gasteiger partial charge in [0.15, 0.2) is 11.6 Å². The molecule has 1 N–H and O–H groups in total. The summed E-state index contributed by atoms with van der Waals surface area (Å²) in [5.74, 6) is -0.447. The summed E-state index contributed by atoms with van der Waals surface area (Å²) in [4.78, 5) is 25.4. The molecule has 1 aliphatic rings. The van der Waals surface area contributed by atoms with Gasteiger partial charge in [-0.25, -0.2) is 0 Å². The Balaban J connectivity index is 1.96. The molecule has 25 heavy (non-hydrogen) atoms. The topological polar surface area (TPSA) is 54.4 Å². The van der Waals surface area contributed by atoms with Gasteiger partial charge in [0.25, 0.3) is 0 Å². The molecule has 0 fully saturated rings. The van der Waals surface area contributed by atoms with Gasteiger partial charge in [-0.15, -0.1) is 0 Å². The number of phenolic OH excluding ortho intramolecular Hbond substituents is 1. The van der Waals surface area contributed by atoms with Crippen LogP contribution in [-0.4, -0.2) is 16.7 Å². The van der Waals surface area contributed by atoms with Crippen LogP contribution < -0.4 is 0 Å². The molecule has 3 aromatic carbocycles. The van der Waals surface area contributed by atoms with Crippen LogP contribution in [0.25, 0.3) is 5.57 Å². The Hall–Kier alpha value is -3.46. The Bertz CT molecular complexity index is 1030. The molecule has 0 saturated carbocycles. The van der Waals surface area contributed by atoms with Crippen molar-refractivity contribution >= 4 is 17.1 Å². The lowest BCUT2D eigenvalue weighted by atomic mass is 9.80. The molecule has 0 spiro atoms. The highest BCUT2D eigenvalue weighted by Crippen LogP contribution is 2.39. The monoisotopic (exact) mass is 326 g/mol. The van der Waals surface area contributed by atoms with Gasteiger partial charge in [0.1, 0.15) is 5.75 Å². The van der Waals surface area contributed by atoms with Gasteiger partial charge in [0, 0.05) is 11.1 Å². The molecule has 0 aromatic heterocycles. The van der Waals surface area contributed by atoms with Crippen molar-refractivity contribution in [1.29, 1.82) is 0 Å². The van der Waals surface area contributed by atoms with Crippen molar-refractivity contribution in [3.63, 3.8) is 0 Å². The number of hydrogen-bond acceptors (Lipinski definition) is 3. The van der Waals surface area contributed by atoms with Gasteiger partial charge in [0.05, 0.1) is 5.56 Å². The summed E-state index contributed by atoms with van der Waals surface area (Å²) in [6.07, 6.45) is 1.54. The number of benzene rings is 3. The van der Waals surface area contributed by atoms with Crippen LogP contribution in [-0.2, 0) is 0 Å². The second kappa shape index (κ2) is 5.87. The van der Waals surface area contributed by atoms with E-state index in [9.17, 15) is 14.7 Å². The maximum absolute atomic E-state index is 12.8. The van der Waals surface area contributed by atoms with Crippen LogP contribution in [0.5, 0.6) is 5.75 Å². The number of rotatable bonds is 2. The first-order chi connectivity index (χ1) is 12.2. The number of ketones is 2. The minimum Gasteiger partial charge on any atom is -0.507 e. The molecule has 4 rings (SSSR count). The average Bonchev–Trinajstić information content (AvgIpc) is 2.65. The van der Waals surface area contributed by atoms with Crippen LogP contribution in [0.4, 0.5) is 0 Å². The number of allylic oxidation sites excluding steroid dienone is 1. The molecule has 3 heteroatoms. The highest BCUT2D eigenvalue weighted by atomic mass is 16.3. The first kappa shape index (κ1) is 15.1. The quantitative estimate of drug-likeness (QED) is 0.442. The summed E-state index contributed by atoms with van der Waals surface area (Å²) >= 11 is 0. The number of aromatic hydroxyl groups is 1. The zero-order valence-corrected chi connectivity index (χ0v) is 13.3. The molecule has 3 nitrogen and oxygen atoms in total. The Labute approximate surface area is 144 Å². The lowest BCUT2D eigenvalue weighted by molar-refractivity contribution is 0.102. The van der Waals surface area contributed by atoms with Gasteiger partial charge in [0.2, 0.25) is 0 Å². The molecule has 0 aliphatic heterocycles. The smallest absolute Gasteiger partial charge is 0.197 e. The Kier molecular flexibility index (Phi) is 3.55. The molecule has 0 unspecified atom stereocenters. The second-order valence-electron chi connectivity index (χ2n) is 5.86. The van der Waals surface area contributed by atoms with Gasteiger partial charge >= 0.3 is 0 Å². The first-order valence-corrected chi connectivity index (χ1v) is 7.94. The first-order valence-electron chi connectivity index (χ1n) is 7.94. The number of hydrogen-bond donors (Lipinski definition) is 1. The predicted octanol–water partition coefficient (Wildman–Crippen LogP) is 4.25. The Morgan fingerprint density at radius 3 is 2.16 bits per heavy atom. The summed E-state index contributed by atoms with van der Waals surface area (Å²) in [5, 5.41) is 10.2. The molecule has 0 saturated heterocycles. The fourth-order valence-electron chi connectivity index (χ4n) is 3.17. The number of carbonyl (C=O) groups is 2. The minimum atomic E-state index is -0.229. The van der Waals surface area contributed by atoms with Gasteiger partial charge in [-0.1, -0.05) is 66.7 Å². The maximum Gasteiger partial charge on any atom is 0.197 e. The molecule has 0 heterocycles. The Morgan fingerprint density at radius 1 is 0.760 bits per heavy atom. The third kappa shape index (κ3) is 2.46. The van der Waals surface area contributed by atoms with E-state index in [0.29, 0.717) is 27.8 Å². The van der Waals surface area contributed by atoms with Crippen molar-refractivity contribution < 1.29 is 14.7 Å². The van der Waals surface area contributed by atoms with Crippen LogP contribution in [0.3, 0.4) is 0 Å². The summed E-state index contributed by atoms with van der Waals surface area (Å²) < 4.78 is 0. The molecular formula is C22H14O3. The molecule has 1 aliphatic carbocycles. The van der Waals surface area contributed by atoms with Gasteiger partial charge < -0.3 is 5.11 Å². The van der Waals surface area contributed by atoms with Crippen molar-refractivity contribution in [3.05, 3.63) is 107 Å². The lowest BCUT2D eigenvalue weighted by Crippen LogP contribution is -2.15. The summed E-state index contributed by atoms with van der Waals surface area (Å²) in [6.45, 7) is 0. The normalized spacial score (nSPS) is 14.1. The van der Waals surface area contributed by atoms with E-state index in [1.54, 1.807) is 42.5 Å². The molecule has 0 bridgehead atoms. The summed E-state index contributed by atoms with van der Waals surface area (Å²) in [5.41, 5.74) is 3.24. The highest BCUT2D eigenvalue weighted by Gasteiger charge is 2.29. The molecule has 0 atom stereocenters. The second-order valence-corrected chi connectivity index (χ2v) is 5.86. The van der Waals surface area contributed by atoms with E-state index < -0.39 is 0 Å². The number of carbonyl (C=O) groups excluding carboxylic acids is 2.